The molecule has 4 heteroatoms. The fourth-order valence-corrected chi connectivity index (χ4v) is 3.39. The lowest BCUT2D eigenvalue weighted by Gasteiger charge is -2.41. The highest BCUT2D eigenvalue weighted by molar-refractivity contribution is 4.88. The summed E-state index contributed by atoms with van der Waals surface area (Å²) in [5.74, 6) is 0. The van der Waals surface area contributed by atoms with Gasteiger partial charge < -0.3 is 19.7 Å². The molecule has 1 rings (SSSR count). The quantitative estimate of drug-likeness (QED) is 0.590. The van der Waals surface area contributed by atoms with Gasteiger partial charge in [-0.15, -0.1) is 0 Å². The minimum Gasteiger partial charge on any atom is -0.385 e. The number of nitrogens with zero attached hydrogens (tertiary/aromatic N) is 1. The Hall–Kier alpha value is -0.160. The average Bonchev–Trinajstić information content (AvgIpc) is 2.46. The molecule has 0 aromatic heterocycles. The van der Waals surface area contributed by atoms with E-state index in [-0.39, 0.29) is 0 Å². The maximum absolute atomic E-state index is 5.27. The van der Waals surface area contributed by atoms with Crippen LogP contribution in [0.4, 0.5) is 0 Å². The second-order valence-corrected chi connectivity index (χ2v) is 6.15. The average molecular weight is 286 g/mol. The molecule has 0 amide bonds. The summed E-state index contributed by atoms with van der Waals surface area (Å²) in [5.41, 5.74) is 0.466. The van der Waals surface area contributed by atoms with E-state index in [0.29, 0.717) is 5.41 Å². The molecule has 1 aliphatic rings. The highest BCUT2D eigenvalue weighted by atomic mass is 16.5. The van der Waals surface area contributed by atoms with E-state index < -0.39 is 0 Å². The Morgan fingerprint density at radius 2 is 1.95 bits per heavy atom. The Morgan fingerprint density at radius 3 is 2.55 bits per heavy atom. The largest absolute Gasteiger partial charge is 0.385 e. The van der Waals surface area contributed by atoms with Crippen molar-refractivity contribution in [3.8, 4) is 0 Å². The lowest BCUT2D eigenvalue weighted by atomic mass is 9.76. The molecule has 1 unspecified atom stereocenters. The van der Waals surface area contributed by atoms with Gasteiger partial charge in [-0.2, -0.15) is 0 Å². The second kappa shape index (κ2) is 10.6. The van der Waals surface area contributed by atoms with Crippen LogP contribution in [-0.2, 0) is 9.47 Å². The molecule has 20 heavy (non-hydrogen) atoms. The van der Waals surface area contributed by atoms with Gasteiger partial charge in [0.25, 0.3) is 0 Å². The second-order valence-electron chi connectivity index (χ2n) is 6.15. The molecule has 0 bridgehead atoms. The zero-order chi connectivity index (χ0) is 14.7. The Labute approximate surface area is 125 Å². The summed E-state index contributed by atoms with van der Waals surface area (Å²) < 4.78 is 10.5. The Morgan fingerprint density at radius 1 is 1.15 bits per heavy atom. The van der Waals surface area contributed by atoms with Crippen molar-refractivity contribution in [1.82, 2.24) is 10.2 Å². The Kier molecular flexibility index (Phi) is 9.44. The lowest BCUT2D eigenvalue weighted by Crippen LogP contribution is -2.48. The highest BCUT2D eigenvalue weighted by Gasteiger charge is 2.32. The maximum Gasteiger partial charge on any atom is 0.0589 e. The summed E-state index contributed by atoms with van der Waals surface area (Å²) in [6, 6.07) is 0. The normalized spacial score (nSPS) is 23.4. The summed E-state index contributed by atoms with van der Waals surface area (Å²) in [4.78, 5) is 2.57. The SMILES string of the molecule is CCCC1(CN(CCCOC)CCOC)CCCNC1. The minimum absolute atomic E-state index is 0.466. The van der Waals surface area contributed by atoms with Crippen molar-refractivity contribution in [3.05, 3.63) is 0 Å². The van der Waals surface area contributed by atoms with Crippen LogP contribution < -0.4 is 5.32 Å². The first kappa shape index (κ1) is 17.9. The van der Waals surface area contributed by atoms with Crippen LogP contribution in [0.2, 0.25) is 0 Å². The van der Waals surface area contributed by atoms with Gasteiger partial charge in [-0.05, 0) is 37.6 Å². The molecule has 0 aliphatic carbocycles. The highest BCUT2D eigenvalue weighted by Crippen LogP contribution is 2.32. The van der Waals surface area contributed by atoms with E-state index in [2.05, 4.69) is 17.1 Å². The summed E-state index contributed by atoms with van der Waals surface area (Å²) in [7, 11) is 3.57. The summed E-state index contributed by atoms with van der Waals surface area (Å²) in [6.45, 7) is 9.68. The molecule has 1 saturated heterocycles. The van der Waals surface area contributed by atoms with Gasteiger partial charge in [-0.1, -0.05) is 13.3 Å². The van der Waals surface area contributed by atoms with Gasteiger partial charge >= 0.3 is 0 Å². The Balaban J connectivity index is 2.52. The predicted molar refractivity (Wildman–Crippen MR) is 84.3 cm³/mol. The van der Waals surface area contributed by atoms with E-state index in [1.54, 1.807) is 14.2 Å². The monoisotopic (exact) mass is 286 g/mol. The molecule has 120 valence electrons. The molecule has 1 atom stereocenters. The molecule has 0 aromatic rings. The van der Waals surface area contributed by atoms with Crippen LogP contribution in [0, 0.1) is 5.41 Å². The van der Waals surface area contributed by atoms with Gasteiger partial charge in [0.15, 0.2) is 0 Å². The molecule has 1 aliphatic heterocycles. The predicted octanol–water partition coefficient (Wildman–Crippen LogP) is 2.14. The first-order valence-electron chi connectivity index (χ1n) is 8.17. The molecular weight excluding hydrogens is 252 g/mol. The standard InChI is InChI=1S/C16H34N2O2/c1-4-7-16(8-5-9-17-14-16)15-18(11-13-20-3)10-6-12-19-2/h17H,4-15H2,1-3H3. The van der Waals surface area contributed by atoms with E-state index >= 15 is 0 Å². The third kappa shape index (κ3) is 6.53. The van der Waals surface area contributed by atoms with Crippen LogP contribution in [-0.4, -0.2) is 65.1 Å². The van der Waals surface area contributed by atoms with Crippen molar-refractivity contribution in [2.45, 2.75) is 39.0 Å². The number of piperidine rings is 1. The molecule has 0 radical (unpaired) electrons. The van der Waals surface area contributed by atoms with Crippen LogP contribution >= 0.6 is 0 Å². The van der Waals surface area contributed by atoms with Crippen LogP contribution in [0.15, 0.2) is 0 Å². The smallest absolute Gasteiger partial charge is 0.0589 e. The van der Waals surface area contributed by atoms with Gasteiger partial charge in [0, 0.05) is 47.0 Å². The summed E-state index contributed by atoms with van der Waals surface area (Å²) >= 11 is 0. The van der Waals surface area contributed by atoms with Crippen LogP contribution in [0.1, 0.15) is 39.0 Å². The van der Waals surface area contributed by atoms with Crippen LogP contribution in [0.3, 0.4) is 0 Å². The van der Waals surface area contributed by atoms with E-state index in [9.17, 15) is 0 Å². The molecule has 1 fully saturated rings. The van der Waals surface area contributed by atoms with Gasteiger partial charge in [-0.25, -0.2) is 0 Å². The van der Waals surface area contributed by atoms with Crippen LogP contribution in [0.25, 0.3) is 0 Å². The molecule has 1 N–H and O–H groups in total. The van der Waals surface area contributed by atoms with Crippen molar-refractivity contribution in [2.75, 3.05) is 60.2 Å². The van der Waals surface area contributed by atoms with Gasteiger partial charge in [-0.3, -0.25) is 0 Å². The number of ether oxygens (including phenoxy) is 2. The molecule has 4 nitrogen and oxygen atoms in total. The number of hydrogen-bond acceptors (Lipinski definition) is 4. The molecular formula is C16H34N2O2. The molecule has 0 aromatic carbocycles. The van der Waals surface area contributed by atoms with E-state index in [4.69, 9.17) is 9.47 Å². The summed E-state index contributed by atoms with van der Waals surface area (Å²) in [6.07, 6.45) is 6.39. The van der Waals surface area contributed by atoms with Crippen molar-refractivity contribution in [3.63, 3.8) is 0 Å². The third-order valence-corrected chi connectivity index (χ3v) is 4.33. The number of nitrogens with one attached hydrogen (secondary N) is 1. The van der Waals surface area contributed by atoms with E-state index in [1.165, 1.54) is 45.3 Å². The zero-order valence-electron chi connectivity index (χ0n) is 13.7. The van der Waals surface area contributed by atoms with Crippen molar-refractivity contribution < 1.29 is 9.47 Å². The fraction of sp³-hybridized carbons (Fsp3) is 1.00. The maximum atomic E-state index is 5.27. The fourth-order valence-electron chi connectivity index (χ4n) is 3.39. The molecule has 0 saturated carbocycles. The minimum atomic E-state index is 0.466. The number of rotatable bonds is 11. The van der Waals surface area contributed by atoms with Gasteiger partial charge in [0.1, 0.15) is 0 Å². The Bertz CT molecular complexity index is 225. The van der Waals surface area contributed by atoms with Crippen molar-refractivity contribution in [1.29, 1.82) is 0 Å². The zero-order valence-corrected chi connectivity index (χ0v) is 13.7. The summed E-state index contributed by atoms with van der Waals surface area (Å²) in [5, 5.41) is 3.61. The third-order valence-electron chi connectivity index (χ3n) is 4.33. The van der Waals surface area contributed by atoms with Gasteiger partial charge in [0.2, 0.25) is 0 Å². The lowest BCUT2D eigenvalue weighted by molar-refractivity contribution is 0.0742. The molecule has 0 spiro atoms. The van der Waals surface area contributed by atoms with Crippen LogP contribution in [0.5, 0.6) is 0 Å². The van der Waals surface area contributed by atoms with E-state index in [0.717, 1.165) is 32.7 Å². The van der Waals surface area contributed by atoms with E-state index in [1.807, 2.05) is 0 Å². The first-order valence-corrected chi connectivity index (χ1v) is 8.17. The van der Waals surface area contributed by atoms with Gasteiger partial charge in [0.05, 0.1) is 6.61 Å². The number of methoxy groups -OCH3 is 2. The topological polar surface area (TPSA) is 33.7 Å². The van der Waals surface area contributed by atoms with Crippen molar-refractivity contribution in [2.24, 2.45) is 5.41 Å². The number of hydrogen-bond donors (Lipinski definition) is 1. The molecule has 1 heterocycles. The van der Waals surface area contributed by atoms with Crippen molar-refractivity contribution >= 4 is 0 Å². The first-order chi connectivity index (χ1) is 9.76.